The molecule has 0 aromatic heterocycles. The summed E-state index contributed by atoms with van der Waals surface area (Å²) < 4.78 is 25.7. The van der Waals surface area contributed by atoms with Crippen LogP contribution in [0.1, 0.15) is 30.9 Å². The maximum absolute atomic E-state index is 14.7. The van der Waals surface area contributed by atoms with Gasteiger partial charge >= 0.3 is 0 Å². The van der Waals surface area contributed by atoms with Crippen molar-refractivity contribution < 1.29 is 28.2 Å². The number of allylic oxidation sites excluding steroid dienone is 3. The van der Waals surface area contributed by atoms with Gasteiger partial charge in [0.2, 0.25) is 11.8 Å². The number of morpholine rings is 1. The molecule has 0 radical (unpaired) electrons. The molecule has 1 N–H and O–H groups in total. The van der Waals surface area contributed by atoms with Gasteiger partial charge in [-0.3, -0.25) is 24.6 Å². The molecule has 3 amide bonds. The Balaban J connectivity index is 1.42. The standard InChI is InChI=1S/C26H30FN3O5/c1-2-3-4-21-20(15-30(26(21)33)23-7-8-24(31)28-25(23)32)17-35-16-19-6-5-18(13-22(19)27)14-29-9-11-34-12-10-29/h2-6,13,17,23H,7-12,14-16H2,1H3,(H,28,31,32)/b3-2-,20-17+,21-4+. The lowest BCUT2D eigenvalue weighted by Gasteiger charge is -2.28. The third-order valence-electron chi connectivity index (χ3n) is 6.31. The van der Waals surface area contributed by atoms with Gasteiger partial charge in [0.05, 0.1) is 26.0 Å². The summed E-state index contributed by atoms with van der Waals surface area (Å²) in [5.41, 5.74) is 2.32. The van der Waals surface area contributed by atoms with Crippen molar-refractivity contribution >= 4 is 17.7 Å². The number of piperidine rings is 1. The number of hydrogen-bond acceptors (Lipinski definition) is 6. The zero-order chi connectivity index (χ0) is 24.8. The highest BCUT2D eigenvalue weighted by Gasteiger charge is 2.40. The number of carbonyl (C=O) groups excluding carboxylic acids is 3. The molecule has 9 heteroatoms. The molecule has 35 heavy (non-hydrogen) atoms. The third-order valence-corrected chi connectivity index (χ3v) is 6.31. The van der Waals surface area contributed by atoms with Gasteiger partial charge in [-0.15, -0.1) is 0 Å². The van der Waals surface area contributed by atoms with E-state index >= 15 is 0 Å². The van der Waals surface area contributed by atoms with Gasteiger partial charge in [0.1, 0.15) is 18.5 Å². The van der Waals surface area contributed by atoms with Gasteiger partial charge in [0.15, 0.2) is 0 Å². The van der Waals surface area contributed by atoms with Crippen molar-refractivity contribution in [1.29, 1.82) is 0 Å². The minimum absolute atomic E-state index is 0.0106. The summed E-state index contributed by atoms with van der Waals surface area (Å²) in [5.74, 6) is -1.45. The molecule has 1 aromatic rings. The van der Waals surface area contributed by atoms with Crippen LogP contribution >= 0.6 is 0 Å². The third kappa shape index (κ3) is 6.04. The monoisotopic (exact) mass is 483 g/mol. The number of imide groups is 1. The second kappa shape index (κ2) is 11.4. The van der Waals surface area contributed by atoms with Crippen molar-refractivity contribution in [3.63, 3.8) is 0 Å². The summed E-state index contributed by atoms with van der Waals surface area (Å²) in [4.78, 5) is 40.5. The maximum atomic E-state index is 14.7. The lowest BCUT2D eigenvalue weighted by molar-refractivity contribution is -0.142. The quantitative estimate of drug-likeness (QED) is 0.364. The predicted molar refractivity (Wildman–Crippen MR) is 126 cm³/mol. The van der Waals surface area contributed by atoms with Crippen LogP contribution in [-0.2, 0) is 37.0 Å². The average Bonchev–Trinajstić information content (AvgIpc) is 3.14. The van der Waals surface area contributed by atoms with Gasteiger partial charge in [-0.25, -0.2) is 4.39 Å². The molecule has 3 saturated heterocycles. The Kier molecular flexibility index (Phi) is 8.09. The number of nitrogens with one attached hydrogen (secondary N) is 1. The van der Waals surface area contributed by atoms with E-state index in [0.29, 0.717) is 36.5 Å². The Morgan fingerprint density at radius 1 is 1.23 bits per heavy atom. The SMILES string of the molecule is C\C=C/C=C1/C(=O)N(C2CCC(=O)NC2=O)C/C1=C\OCc1ccc(CN2CCOCC2)cc1F. The fourth-order valence-corrected chi connectivity index (χ4v) is 4.39. The number of benzene rings is 1. The van der Waals surface area contributed by atoms with Gasteiger partial charge in [-0.05, 0) is 31.1 Å². The normalized spacial score (nSPS) is 24.1. The van der Waals surface area contributed by atoms with E-state index in [1.54, 1.807) is 24.3 Å². The molecule has 3 aliphatic rings. The molecular formula is C26H30FN3O5. The number of hydrogen-bond donors (Lipinski definition) is 1. The summed E-state index contributed by atoms with van der Waals surface area (Å²) in [6.45, 7) is 5.73. The molecular weight excluding hydrogens is 453 g/mol. The molecule has 0 aliphatic carbocycles. The van der Waals surface area contributed by atoms with Crippen LogP contribution in [0.3, 0.4) is 0 Å². The van der Waals surface area contributed by atoms with Gasteiger partial charge in [-0.1, -0.05) is 24.3 Å². The first-order chi connectivity index (χ1) is 17.0. The second-order valence-electron chi connectivity index (χ2n) is 8.77. The summed E-state index contributed by atoms with van der Waals surface area (Å²) in [5, 5.41) is 2.29. The van der Waals surface area contributed by atoms with E-state index < -0.39 is 11.9 Å². The second-order valence-corrected chi connectivity index (χ2v) is 8.77. The maximum Gasteiger partial charge on any atom is 0.255 e. The minimum Gasteiger partial charge on any atom is -0.496 e. The molecule has 1 atom stereocenters. The number of halogens is 1. The van der Waals surface area contributed by atoms with Crippen molar-refractivity contribution in [2.45, 2.75) is 39.0 Å². The summed E-state index contributed by atoms with van der Waals surface area (Å²) >= 11 is 0. The van der Waals surface area contributed by atoms with Crippen LogP contribution in [0.4, 0.5) is 4.39 Å². The summed E-state index contributed by atoms with van der Waals surface area (Å²) in [6.07, 6.45) is 7.13. The Morgan fingerprint density at radius 2 is 2.03 bits per heavy atom. The molecule has 0 bridgehead atoms. The molecule has 8 nitrogen and oxygen atoms in total. The van der Waals surface area contributed by atoms with Gasteiger partial charge in [0.25, 0.3) is 5.91 Å². The lowest BCUT2D eigenvalue weighted by atomic mass is 10.0. The van der Waals surface area contributed by atoms with Crippen LogP contribution in [0.5, 0.6) is 0 Å². The Morgan fingerprint density at radius 3 is 2.74 bits per heavy atom. The molecule has 0 spiro atoms. The Bertz CT molecular complexity index is 1070. The molecule has 3 heterocycles. The Hall–Kier alpha value is -3.30. The minimum atomic E-state index is -0.712. The van der Waals surface area contributed by atoms with E-state index in [9.17, 15) is 18.8 Å². The zero-order valence-corrected chi connectivity index (χ0v) is 19.8. The van der Waals surface area contributed by atoms with Crippen LogP contribution in [0.2, 0.25) is 0 Å². The van der Waals surface area contributed by atoms with Crippen LogP contribution < -0.4 is 5.32 Å². The van der Waals surface area contributed by atoms with Crippen LogP contribution in [0.15, 0.2) is 53.8 Å². The van der Waals surface area contributed by atoms with Crippen molar-refractivity contribution in [2.75, 3.05) is 32.8 Å². The molecule has 1 unspecified atom stereocenters. The van der Waals surface area contributed by atoms with Gasteiger partial charge in [-0.2, -0.15) is 0 Å². The highest BCUT2D eigenvalue weighted by Crippen LogP contribution is 2.28. The van der Waals surface area contributed by atoms with Crippen LogP contribution in [0, 0.1) is 5.82 Å². The number of likely N-dealkylation sites (tertiary alicyclic amines) is 1. The van der Waals surface area contributed by atoms with E-state index in [1.807, 2.05) is 13.0 Å². The number of amides is 3. The molecule has 0 saturated carbocycles. The summed E-state index contributed by atoms with van der Waals surface area (Å²) in [6, 6.07) is 4.43. The molecule has 3 aliphatic heterocycles. The van der Waals surface area contributed by atoms with Crippen LogP contribution in [-0.4, -0.2) is 66.4 Å². The molecule has 4 rings (SSSR count). The lowest BCUT2D eigenvalue weighted by Crippen LogP contribution is -2.52. The van der Waals surface area contributed by atoms with Crippen LogP contribution in [0.25, 0.3) is 0 Å². The highest BCUT2D eigenvalue weighted by atomic mass is 19.1. The van der Waals surface area contributed by atoms with E-state index in [0.717, 1.165) is 18.7 Å². The van der Waals surface area contributed by atoms with Crippen molar-refractivity contribution in [3.8, 4) is 0 Å². The number of carbonyl (C=O) groups is 3. The zero-order valence-electron chi connectivity index (χ0n) is 19.8. The fraction of sp³-hybridized carbons (Fsp3) is 0.423. The van der Waals surface area contributed by atoms with E-state index in [4.69, 9.17) is 9.47 Å². The van der Waals surface area contributed by atoms with Crippen molar-refractivity contribution in [1.82, 2.24) is 15.1 Å². The Labute approximate surface area is 204 Å². The topological polar surface area (TPSA) is 88.2 Å². The van der Waals surface area contributed by atoms with E-state index in [1.165, 1.54) is 17.2 Å². The smallest absolute Gasteiger partial charge is 0.255 e. The van der Waals surface area contributed by atoms with Gasteiger partial charge in [0, 0.05) is 42.8 Å². The molecule has 1 aromatic carbocycles. The summed E-state index contributed by atoms with van der Waals surface area (Å²) in [7, 11) is 0. The van der Waals surface area contributed by atoms with E-state index in [-0.39, 0.29) is 43.6 Å². The first-order valence-corrected chi connectivity index (χ1v) is 11.8. The number of nitrogens with zero attached hydrogens (tertiary/aromatic N) is 2. The van der Waals surface area contributed by atoms with Gasteiger partial charge < -0.3 is 14.4 Å². The average molecular weight is 484 g/mol. The first-order valence-electron chi connectivity index (χ1n) is 11.8. The highest BCUT2D eigenvalue weighted by molar-refractivity contribution is 6.06. The first kappa shape index (κ1) is 24.8. The van der Waals surface area contributed by atoms with E-state index in [2.05, 4.69) is 10.2 Å². The van der Waals surface area contributed by atoms with Crippen molar-refractivity contribution in [2.24, 2.45) is 0 Å². The fourth-order valence-electron chi connectivity index (χ4n) is 4.39. The molecule has 3 fully saturated rings. The largest absolute Gasteiger partial charge is 0.496 e. The van der Waals surface area contributed by atoms with Crippen molar-refractivity contribution in [3.05, 3.63) is 70.8 Å². The predicted octanol–water partition coefficient (Wildman–Crippen LogP) is 2.21. The number of rotatable bonds is 7. The molecule has 186 valence electrons. The number of ether oxygens (including phenoxy) is 2.